The van der Waals surface area contributed by atoms with Crippen molar-refractivity contribution in [3.63, 3.8) is 0 Å². The molecule has 1 amide bonds. The SMILES string of the molecule is CN(C(=O)c1cnn2c1CCCC2)c1ccc(OCC(=O)O)cc1. The number of nitrogens with zero attached hydrogens (tertiary/aromatic N) is 3. The number of fused-ring (bicyclic) bond motifs is 1. The Bertz CT molecular complexity index is 752. The molecule has 7 nitrogen and oxygen atoms in total. The normalized spacial score (nSPS) is 13.2. The second-order valence-corrected chi connectivity index (χ2v) is 5.73. The number of rotatable bonds is 5. The molecule has 7 heteroatoms. The van der Waals surface area contributed by atoms with E-state index in [1.807, 2.05) is 4.68 Å². The summed E-state index contributed by atoms with van der Waals surface area (Å²) in [4.78, 5) is 24.8. The van der Waals surface area contributed by atoms with Gasteiger partial charge in [0, 0.05) is 19.3 Å². The zero-order valence-electron chi connectivity index (χ0n) is 13.4. The molecule has 0 bridgehead atoms. The van der Waals surface area contributed by atoms with Crippen molar-refractivity contribution in [1.82, 2.24) is 9.78 Å². The van der Waals surface area contributed by atoms with Gasteiger partial charge in [-0.3, -0.25) is 9.48 Å². The Labute approximate surface area is 139 Å². The summed E-state index contributed by atoms with van der Waals surface area (Å²) in [6, 6.07) is 6.75. The van der Waals surface area contributed by atoms with E-state index >= 15 is 0 Å². The predicted molar refractivity (Wildman–Crippen MR) is 87.5 cm³/mol. The van der Waals surface area contributed by atoms with E-state index in [1.165, 1.54) is 0 Å². The number of hydrogen-bond acceptors (Lipinski definition) is 4. The minimum atomic E-state index is -1.03. The first-order valence-electron chi connectivity index (χ1n) is 7.83. The lowest BCUT2D eigenvalue weighted by atomic mass is 10.1. The van der Waals surface area contributed by atoms with Gasteiger partial charge in [0.1, 0.15) is 5.75 Å². The van der Waals surface area contributed by atoms with Crippen LogP contribution in [0, 0.1) is 0 Å². The average Bonchev–Trinajstić information content (AvgIpc) is 3.03. The van der Waals surface area contributed by atoms with Crippen LogP contribution < -0.4 is 9.64 Å². The first-order valence-corrected chi connectivity index (χ1v) is 7.83. The smallest absolute Gasteiger partial charge is 0.341 e. The van der Waals surface area contributed by atoms with Gasteiger partial charge in [0.2, 0.25) is 0 Å². The number of amides is 1. The Balaban J connectivity index is 1.74. The maximum Gasteiger partial charge on any atom is 0.341 e. The molecule has 1 aromatic carbocycles. The fourth-order valence-corrected chi connectivity index (χ4v) is 2.81. The molecule has 0 saturated carbocycles. The molecule has 0 atom stereocenters. The number of benzene rings is 1. The van der Waals surface area contributed by atoms with Gasteiger partial charge in [-0.05, 0) is 43.5 Å². The number of aliphatic carboxylic acids is 1. The highest BCUT2D eigenvalue weighted by Crippen LogP contribution is 2.23. The molecular weight excluding hydrogens is 310 g/mol. The van der Waals surface area contributed by atoms with Crippen LogP contribution in [-0.2, 0) is 17.8 Å². The van der Waals surface area contributed by atoms with Gasteiger partial charge in [-0.25, -0.2) is 4.79 Å². The standard InChI is InChI=1S/C17H19N3O4/c1-19(12-5-7-13(8-6-12)24-11-16(21)22)17(23)14-10-18-20-9-3-2-4-15(14)20/h5-8,10H,2-4,9,11H2,1H3,(H,21,22). The van der Waals surface area contributed by atoms with Crippen molar-refractivity contribution in [3.05, 3.63) is 41.7 Å². The molecule has 0 unspecified atom stereocenters. The van der Waals surface area contributed by atoms with E-state index in [0.717, 1.165) is 31.5 Å². The molecule has 1 aliphatic rings. The lowest BCUT2D eigenvalue weighted by molar-refractivity contribution is -0.139. The Hall–Kier alpha value is -2.83. The number of carbonyl (C=O) groups is 2. The zero-order valence-corrected chi connectivity index (χ0v) is 13.4. The van der Waals surface area contributed by atoms with Crippen LogP contribution in [0.2, 0.25) is 0 Å². The van der Waals surface area contributed by atoms with Gasteiger partial charge >= 0.3 is 5.97 Å². The Morgan fingerprint density at radius 1 is 1.29 bits per heavy atom. The molecule has 1 N–H and O–H groups in total. The number of carboxylic acid groups (broad SMARTS) is 1. The molecule has 0 fully saturated rings. The largest absolute Gasteiger partial charge is 0.482 e. The van der Waals surface area contributed by atoms with E-state index in [4.69, 9.17) is 9.84 Å². The molecule has 0 aliphatic carbocycles. The van der Waals surface area contributed by atoms with Crippen molar-refractivity contribution in [2.75, 3.05) is 18.6 Å². The molecule has 2 aromatic rings. The molecule has 0 spiro atoms. The maximum atomic E-state index is 12.7. The fraction of sp³-hybridized carbons (Fsp3) is 0.353. The van der Waals surface area contributed by atoms with Crippen molar-refractivity contribution >= 4 is 17.6 Å². The monoisotopic (exact) mass is 329 g/mol. The second-order valence-electron chi connectivity index (χ2n) is 5.73. The van der Waals surface area contributed by atoms with E-state index in [9.17, 15) is 9.59 Å². The van der Waals surface area contributed by atoms with Gasteiger partial charge in [0.15, 0.2) is 6.61 Å². The molecule has 2 heterocycles. The van der Waals surface area contributed by atoms with E-state index in [-0.39, 0.29) is 5.91 Å². The zero-order chi connectivity index (χ0) is 17.1. The van der Waals surface area contributed by atoms with Gasteiger partial charge < -0.3 is 14.7 Å². The van der Waals surface area contributed by atoms with E-state index in [0.29, 0.717) is 17.0 Å². The Morgan fingerprint density at radius 2 is 2.04 bits per heavy atom. The van der Waals surface area contributed by atoms with Crippen LogP contribution in [0.4, 0.5) is 5.69 Å². The molecular formula is C17H19N3O4. The number of anilines is 1. The number of aryl methyl sites for hydroxylation is 1. The van der Waals surface area contributed by atoms with Crippen LogP contribution in [0.3, 0.4) is 0 Å². The third kappa shape index (κ3) is 3.24. The van der Waals surface area contributed by atoms with Gasteiger partial charge in [-0.1, -0.05) is 0 Å². The van der Waals surface area contributed by atoms with Crippen LogP contribution in [0.5, 0.6) is 5.75 Å². The van der Waals surface area contributed by atoms with E-state index in [1.54, 1.807) is 42.4 Å². The van der Waals surface area contributed by atoms with Crippen LogP contribution in [-0.4, -0.2) is 40.4 Å². The van der Waals surface area contributed by atoms with E-state index in [2.05, 4.69) is 5.10 Å². The summed E-state index contributed by atoms with van der Waals surface area (Å²) in [5.74, 6) is -0.681. The third-order valence-electron chi connectivity index (χ3n) is 4.10. The Morgan fingerprint density at radius 3 is 2.75 bits per heavy atom. The maximum absolute atomic E-state index is 12.7. The van der Waals surface area contributed by atoms with Crippen LogP contribution in [0.15, 0.2) is 30.5 Å². The van der Waals surface area contributed by atoms with Crippen LogP contribution in [0.1, 0.15) is 28.9 Å². The van der Waals surface area contributed by atoms with Crippen molar-refractivity contribution in [1.29, 1.82) is 0 Å². The fourth-order valence-electron chi connectivity index (χ4n) is 2.81. The molecule has 1 aromatic heterocycles. The van der Waals surface area contributed by atoms with E-state index < -0.39 is 12.6 Å². The highest BCUT2D eigenvalue weighted by atomic mass is 16.5. The molecule has 0 radical (unpaired) electrons. The minimum Gasteiger partial charge on any atom is -0.482 e. The molecule has 126 valence electrons. The number of carboxylic acids is 1. The molecule has 3 rings (SSSR count). The molecule has 1 aliphatic heterocycles. The highest BCUT2D eigenvalue weighted by molar-refractivity contribution is 6.06. The van der Waals surface area contributed by atoms with Crippen LogP contribution >= 0.6 is 0 Å². The van der Waals surface area contributed by atoms with Crippen LogP contribution in [0.25, 0.3) is 0 Å². The summed E-state index contributed by atoms with van der Waals surface area (Å²) in [6.45, 7) is 0.471. The summed E-state index contributed by atoms with van der Waals surface area (Å²) < 4.78 is 7.00. The predicted octanol–water partition coefficient (Wildman–Crippen LogP) is 1.96. The quantitative estimate of drug-likeness (QED) is 0.906. The average molecular weight is 329 g/mol. The molecule has 0 saturated heterocycles. The first kappa shape index (κ1) is 16.0. The van der Waals surface area contributed by atoms with Gasteiger partial charge in [0.25, 0.3) is 5.91 Å². The summed E-state index contributed by atoms with van der Waals surface area (Å²) in [5, 5.41) is 12.9. The number of carbonyl (C=O) groups excluding carboxylic acids is 1. The second kappa shape index (κ2) is 6.74. The van der Waals surface area contributed by atoms with Gasteiger partial charge in [-0.2, -0.15) is 5.10 Å². The van der Waals surface area contributed by atoms with Gasteiger partial charge in [0.05, 0.1) is 17.5 Å². The number of hydrogen-bond donors (Lipinski definition) is 1. The van der Waals surface area contributed by atoms with Crippen molar-refractivity contribution in [2.24, 2.45) is 0 Å². The Kier molecular flexibility index (Phi) is 4.50. The van der Waals surface area contributed by atoms with Crippen molar-refractivity contribution in [2.45, 2.75) is 25.8 Å². The summed E-state index contributed by atoms with van der Waals surface area (Å²) >= 11 is 0. The number of aromatic nitrogens is 2. The highest BCUT2D eigenvalue weighted by Gasteiger charge is 2.23. The minimum absolute atomic E-state index is 0.0997. The van der Waals surface area contributed by atoms with Crippen molar-refractivity contribution < 1.29 is 19.4 Å². The molecule has 24 heavy (non-hydrogen) atoms. The lowest BCUT2D eigenvalue weighted by Gasteiger charge is -2.19. The third-order valence-corrected chi connectivity index (χ3v) is 4.10. The lowest BCUT2D eigenvalue weighted by Crippen LogP contribution is -2.27. The summed E-state index contributed by atoms with van der Waals surface area (Å²) in [6.07, 6.45) is 4.68. The summed E-state index contributed by atoms with van der Waals surface area (Å²) in [5.41, 5.74) is 2.35. The van der Waals surface area contributed by atoms with Gasteiger partial charge in [-0.15, -0.1) is 0 Å². The topological polar surface area (TPSA) is 84.7 Å². The van der Waals surface area contributed by atoms with Crippen molar-refractivity contribution in [3.8, 4) is 5.75 Å². The summed E-state index contributed by atoms with van der Waals surface area (Å²) in [7, 11) is 1.71. The number of ether oxygens (including phenoxy) is 1. The first-order chi connectivity index (χ1) is 11.6.